The topological polar surface area (TPSA) is 59.1 Å². The average molecular weight is 441 g/mol. The summed E-state index contributed by atoms with van der Waals surface area (Å²) in [5, 5.41) is 4.67. The van der Waals surface area contributed by atoms with E-state index in [1.54, 1.807) is 54.1 Å². The first-order valence-electron chi connectivity index (χ1n) is 8.83. The number of thiophene rings is 1. The van der Waals surface area contributed by atoms with Crippen molar-refractivity contribution < 1.29 is 8.42 Å². The number of aromatic nitrogens is 1. The van der Waals surface area contributed by atoms with Crippen LogP contribution < -0.4 is 4.72 Å². The summed E-state index contributed by atoms with van der Waals surface area (Å²) < 4.78 is 28.3. The fourth-order valence-corrected chi connectivity index (χ4v) is 4.77. The second kappa shape index (κ2) is 8.47. The fraction of sp³-hybridized carbons (Fsp3) is 0.0455. The Morgan fingerprint density at radius 2 is 1.72 bits per heavy atom. The van der Waals surface area contributed by atoms with Crippen molar-refractivity contribution in [2.45, 2.75) is 11.4 Å². The molecule has 2 aromatic heterocycles. The molecule has 29 heavy (non-hydrogen) atoms. The normalized spacial score (nSPS) is 11.5. The molecule has 0 fully saturated rings. The zero-order valence-corrected chi connectivity index (χ0v) is 17.6. The number of rotatable bonds is 6. The quantitative estimate of drug-likeness (QED) is 0.424. The third-order valence-corrected chi connectivity index (χ3v) is 6.77. The van der Waals surface area contributed by atoms with Gasteiger partial charge in [-0.05, 0) is 69.4 Å². The Hall–Kier alpha value is -2.51. The van der Waals surface area contributed by atoms with Gasteiger partial charge >= 0.3 is 0 Å². The smallest absolute Gasteiger partial charge is 0.240 e. The summed E-state index contributed by atoms with van der Waals surface area (Å²) >= 11 is 7.54. The Balaban J connectivity index is 1.53. The van der Waals surface area contributed by atoms with Crippen molar-refractivity contribution in [3.63, 3.8) is 0 Å². The van der Waals surface area contributed by atoms with E-state index in [4.69, 9.17) is 11.6 Å². The molecular weight excluding hydrogens is 424 g/mol. The van der Waals surface area contributed by atoms with Crippen LogP contribution in [0, 0.1) is 0 Å². The van der Waals surface area contributed by atoms with Crippen molar-refractivity contribution in [2.24, 2.45) is 0 Å². The summed E-state index contributed by atoms with van der Waals surface area (Å²) in [5.41, 5.74) is 4.55. The summed E-state index contributed by atoms with van der Waals surface area (Å²) in [4.78, 5) is 4.45. The Bertz CT molecular complexity index is 1220. The average Bonchev–Trinajstić information content (AvgIpc) is 3.28. The number of halogens is 1. The van der Waals surface area contributed by atoms with Crippen LogP contribution in [0.5, 0.6) is 0 Å². The summed E-state index contributed by atoms with van der Waals surface area (Å²) in [7, 11) is -3.67. The van der Waals surface area contributed by atoms with Gasteiger partial charge in [-0.25, -0.2) is 13.1 Å². The maximum Gasteiger partial charge on any atom is 0.240 e. The van der Waals surface area contributed by atoms with Gasteiger partial charge in [0.15, 0.2) is 0 Å². The highest BCUT2D eigenvalue weighted by atomic mass is 35.5. The zero-order chi connectivity index (χ0) is 20.3. The highest BCUT2D eigenvalue weighted by Crippen LogP contribution is 2.25. The molecule has 4 rings (SSSR count). The SMILES string of the molecule is O=S(=O)(NCc1cncc(-c2ccsc2)c1)c1cccc(-c2ccc(Cl)cc2)c1. The first kappa shape index (κ1) is 19.8. The molecule has 146 valence electrons. The molecule has 0 saturated heterocycles. The monoisotopic (exact) mass is 440 g/mol. The molecule has 0 saturated carbocycles. The third kappa shape index (κ3) is 4.74. The Morgan fingerprint density at radius 3 is 2.48 bits per heavy atom. The number of nitrogens with one attached hydrogen (secondary N) is 1. The number of sulfonamides is 1. The molecule has 0 atom stereocenters. The van der Waals surface area contributed by atoms with Gasteiger partial charge in [-0.1, -0.05) is 35.9 Å². The first-order valence-corrected chi connectivity index (χ1v) is 11.6. The van der Waals surface area contributed by atoms with Crippen LogP contribution in [0.15, 0.2) is 88.7 Å². The minimum Gasteiger partial charge on any atom is -0.264 e. The van der Waals surface area contributed by atoms with Crippen LogP contribution in [-0.2, 0) is 16.6 Å². The molecule has 0 radical (unpaired) electrons. The largest absolute Gasteiger partial charge is 0.264 e. The van der Waals surface area contributed by atoms with Crippen molar-refractivity contribution in [1.29, 1.82) is 0 Å². The van der Waals surface area contributed by atoms with Gasteiger partial charge in [0.05, 0.1) is 4.90 Å². The molecule has 0 aliphatic rings. The van der Waals surface area contributed by atoms with Crippen molar-refractivity contribution >= 4 is 33.0 Å². The number of hydrogen-bond acceptors (Lipinski definition) is 4. The van der Waals surface area contributed by atoms with E-state index in [0.29, 0.717) is 5.02 Å². The van der Waals surface area contributed by atoms with E-state index < -0.39 is 10.0 Å². The van der Waals surface area contributed by atoms with Crippen molar-refractivity contribution in [3.05, 3.63) is 94.4 Å². The van der Waals surface area contributed by atoms with E-state index in [0.717, 1.165) is 27.8 Å². The van der Waals surface area contributed by atoms with Gasteiger partial charge in [-0.15, -0.1) is 0 Å². The van der Waals surface area contributed by atoms with Crippen molar-refractivity contribution in [3.8, 4) is 22.3 Å². The summed E-state index contributed by atoms with van der Waals surface area (Å²) in [6, 6.07) is 18.1. The molecule has 0 aliphatic heterocycles. The van der Waals surface area contributed by atoms with E-state index in [1.807, 2.05) is 41.1 Å². The number of nitrogens with zero attached hydrogens (tertiary/aromatic N) is 1. The van der Waals surface area contributed by atoms with Crippen LogP contribution in [0.2, 0.25) is 5.02 Å². The fourth-order valence-electron chi connectivity index (χ4n) is 2.92. The molecule has 0 bridgehead atoms. The lowest BCUT2D eigenvalue weighted by Gasteiger charge is -2.09. The van der Waals surface area contributed by atoms with Gasteiger partial charge in [-0.3, -0.25) is 4.98 Å². The molecule has 2 aromatic carbocycles. The van der Waals surface area contributed by atoms with Gasteiger partial charge < -0.3 is 0 Å². The summed E-state index contributed by atoms with van der Waals surface area (Å²) in [6.45, 7) is 0.165. The summed E-state index contributed by atoms with van der Waals surface area (Å²) in [6.07, 6.45) is 3.44. The predicted octanol–water partition coefficient (Wildman–Crippen LogP) is 5.61. The number of hydrogen-bond donors (Lipinski definition) is 1. The van der Waals surface area contributed by atoms with E-state index >= 15 is 0 Å². The highest BCUT2D eigenvalue weighted by molar-refractivity contribution is 7.89. The van der Waals surface area contributed by atoms with Crippen molar-refractivity contribution in [2.75, 3.05) is 0 Å². The second-order valence-corrected chi connectivity index (χ2v) is 9.44. The molecule has 1 N–H and O–H groups in total. The van der Waals surface area contributed by atoms with Crippen LogP contribution in [-0.4, -0.2) is 13.4 Å². The highest BCUT2D eigenvalue weighted by Gasteiger charge is 2.15. The predicted molar refractivity (Wildman–Crippen MR) is 118 cm³/mol. The minimum absolute atomic E-state index is 0.165. The van der Waals surface area contributed by atoms with E-state index in [9.17, 15) is 8.42 Å². The van der Waals surface area contributed by atoms with Crippen LogP contribution in [0.4, 0.5) is 0 Å². The molecule has 4 nitrogen and oxygen atoms in total. The molecular formula is C22H17ClN2O2S2. The Labute approximate surface area is 178 Å². The molecule has 0 spiro atoms. The first-order chi connectivity index (χ1) is 14.0. The lowest BCUT2D eigenvalue weighted by Crippen LogP contribution is -2.23. The van der Waals surface area contributed by atoms with Crippen LogP contribution >= 0.6 is 22.9 Å². The van der Waals surface area contributed by atoms with E-state index in [1.165, 1.54) is 0 Å². The third-order valence-electron chi connectivity index (χ3n) is 4.44. The maximum absolute atomic E-state index is 12.8. The molecule has 7 heteroatoms. The standard InChI is InChI=1S/C22H17ClN2O2S2/c23-21-6-4-17(5-7-21)18-2-1-3-22(11-18)29(26,27)25-13-16-10-20(14-24-12-16)19-8-9-28-15-19/h1-12,14-15,25H,13H2. The zero-order valence-electron chi connectivity index (χ0n) is 15.2. The van der Waals surface area contributed by atoms with E-state index in [-0.39, 0.29) is 11.4 Å². The Kier molecular flexibility index (Phi) is 5.78. The van der Waals surface area contributed by atoms with Crippen LogP contribution in [0.1, 0.15) is 5.56 Å². The van der Waals surface area contributed by atoms with Crippen LogP contribution in [0.25, 0.3) is 22.3 Å². The van der Waals surface area contributed by atoms with Crippen molar-refractivity contribution in [1.82, 2.24) is 9.71 Å². The lowest BCUT2D eigenvalue weighted by atomic mass is 10.1. The van der Waals surface area contributed by atoms with E-state index in [2.05, 4.69) is 9.71 Å². The lowest BCUT2D eigenvalue weighted by molar-refractivity contribution is 0.581. The molecule has 2 heterocycles. The van der Waals surface area contributed by atoms with Crippen LogP contribution in [0.3, 0.4) is 0 Å². The van der Waals surface area contributed by atoms with Gasteiger partial charge in [0.1, 0.15) is 0 Å². The van der Waals surface area contributed by atoms with Gasteiger partial charge in [0.2, 0.25) is 10.0 Å². The second-order valence-electron chi connectivity index (χ2n) is 6.45. The minimum atomic E-state index is -3.67. The Morgan fingerprint density at radius 1 is 0.897 bits per heavy atom. The summed E-state index contributed by atoms with van der Waals surface area (Å²) in [5.74, 6) is 0. The number of pyridine rings is 1. The molecule has 0 aliphatic carbocycles. The molecule has 4 aromatic rings. The maximum atomic E-state index is 12.8. The number of benzene rings is 2. The molecule has 0 unspecified atom stereocenters. The van der Waals surface area contributed by atoms with Gasteiger partial charge in [-0.2, -0.15) is 11.3 Å². The molecule has 0 amide bonds. The van der Waals surface area contributed by atoms with Gasteiger partial charge in [0.25, 0.3) is 0 Å². The van der Waals surface area contributed by atoms with Gasteiger partial charge in [0, 0.05) is 29.5 Å².